The number of rotatable bonds is 4. The number of halogens is 4. The van der Waals surface area contributed by atoms with Crippen molar-refractivity contribution < 1.29 is 17.9 Å². The van der Waals surface area contributed by atoms with E-state index >= 15 is 0 Å². The van der Waals surface area contributed by atoms with Crippen LogP contribution in [-0.4, -0.2) is 29.7 Å². The van der Waals surface area contributed by atoms with Crippen molar-refractivity contribution in [2.45, 2.75) is 44.6 Å². The number of hydrogen-bond acceptors (Lipinski definition) is 2. The average molecular weight is 322 g/mol. The molecule has 0 saturated carbocycles. The summed E-state index contributed by atoms with van der Waals surface area (Å²) in [7, 11) is 0. The SMILES string of the molecule is FC(F)(F)Oc1ccc(CN2CCCCCC2CCl)cc1. The molecule has 21 heavy (non-hydrogen) atoms. The lowest BCUT2D eigenvalue weighted by atomic mass is 10.1. The Morgan fingerprint density at radius 1 is 1.14 bits per heavy atom. The molecule has 1 saturated heterocycles. The zero-order valence-electron chi connectivity index (χ0n) is 11.7. The molecule has 1 atom stereocenters. The molecule has 1 aliphatic rings. The molecule has 1 fully saturated rings. The lowest BCUT2D eigenvalue weighted by molar-refractivity contribution is -0.274. The van der Waals surface area contributed by atoms with Crippen LogP contribution in [0.2, 0.25) is 0 Å². The molecule has 1 heterocycles. The molecule has 1 unspecified atom stereocenters. The minimum atomic E-state index is -4.64. The largest absolute Gasteiger partial charge is 0.573 e. The van der Waals surface area contributed by atoms with E-state index in [9.17, 15) is 13.2 Å². The Morgan fingerprint density at radius 3 is 2.48 bits per heavy atom. The Bertz CT molecular complexity index is 436. The van der Waals surface area contributed by atoms with Gasteiger partial charge in [0.05, 0.1) is 0 Å². The quantitative estimate of drug-likeness (QED) is 0.753. The normalized spacial score (nSPS) is 21.0. The lowest BCUT2D eigenvalue weighted by Crippen LogP contribution is -2.35. The molecule has 0 aromatic heterocycles. The summed E-state index contributed by atoms with van der Waals surface area (Å²) < 4.78 is 40.2. The Labute approximate surface area is 127 Å². The van der Waals surface area contributed by atoms with E-state index in [0.29, 0.717) is 18.5 Å². The van der Waals surface area contributed by atoms with Gasteiger partial charge in [-0.25, -0.2) is 0 Å². The fraction of sp³-hybridized carbons (Fsp3) is 0.600. The van der Waals surface area contributed by atoms with Gasteiger partial charge in [0.15, 0.2) is 0 Å². The molecule has 118 valence electrons. The first-order valence-corrected chi connectivity index (χ1v) is 7.66. The number of hydrogen-bond donors (Lipinski definition) is 0. The Kier molecular flexibility index (Phi) is 5.76. The molecule has 2 rings (SSSR count). The molecule has 6 heteroatoms. The van der Waals surface area contributed by atoms with Crippen LogP contribution in [0.1, 0.15) is 31.2 Å². The molecule has 1 aliphatic heterocycles. The number of nitrogens with zero attached hydrogens (tertiary/aromatic N) is 1. The van der Waals surface area contributed by atoms with Crippen LogP contribution in [0.15, 0.2) is 24.3 Å². The molecule has 0 N–H and O–H groups in total. The van der Waals surface area contributed by atoms with Gasteiger partial charge >= 0.3 is 6.36 Å². The van der Waals surface area contributed by atoms with E-state index in [2.05, 4.69) is 9.64 Å². The third-order valence-electron chi connectivity index (χ3n) is 3.72. The Balaban J connectivity index is 1.98. The third kappa shape index (κ3) is 5.40. The molecule has 1 aromatic carbocycles. The summed E-state index contributed by atoms with van der Waals surface area (Å²) in [5, 5.41) is 0. The van der Waals surface area contributed by atoms with Gasteiger partial charge in [0, 0.05) is 18.5 Å². The van der Waals surface area contributed by atoms with E-state index in [4.69, 9.17) is 11.6 Å². The maximum atomic E-state index is 12.1. The van der Waals surface area contributed by atoms with E-state index in [1.165, 1.54) is 25.0 Å². The van der Waals surface area contributed by atoms with Gasteiger partial charge in [-0.15, -0.1) is 24.8 Å². The number of benzene rings is 1. The van der Waals surface area contributed by atoms with E-state index in [1.54, 1.807) is 12.1 Å². The second-order valence-electron chi connectivity index (χ2n) is 5.32. The number of alkyl halides is 4. The van der Waals surface area contributed by atoms with Gasteiger partial charge in [-0.3, -0.25) is 4.90 Å². The zero-order chi connectivity index (χ0) is 15.3. The smallest absolute Gasteiger partial charge is 0.406 e. The molecule has 0 spiro atoms. The number of ether oxygens (including phenoxy) is 1. The molecular formula is C15H19ClF3NO. The van der Waals surface area contributed by atoms with Gasteiger partial charge in [0.2, 0.25) is 0 Å². The molecule has 0 aliphatic carbocycles. The minimum Gasteiger partial charge on any atom is -0.406 e. The Hall–Kier alpha value is -0.940. The van der Waals surface area contributed by atoms with Gasteiger partial charge in [-0.05, 0) is 37.1 Å². The zero-order valence-corrected chi connectivity index (χ0v) is 12.5. The maximum Gasteiger partial charge on any atom is 0.573 e. The van der Waals surface area contributed by atoms with Gasteiger partial charge in [-0.2, -0.15) is 0 Å². The highest BCUT2D eigenvalue weighted by Crippen LogP contribution is 2.24. The second-order valence-corrected chi connectivity index (χ2v) is 5.63. The van der Waals surface area contributed by atoms with Crippen molar-refractivity contribution in [3.8, 4) is 5.75 Å². The molecule has 0 bridgehead atoms. The van der Waals surface area contributed by atoms with Crippen LogP contribution >= 0.6 is 11.6 Å². The summed E-state index contributed by atoms with van der Waals surface area (Å²) in [5.74, 6) is 0.408. The number of likely N-dealkylation sites (tertiary alicyclic amines) is 1. The third-order valence-corrected chi connectivity index (χ3v) is 4.08. The predicted octanol–water partition coefficient (Wildman–Crippen LogP) is 4.57. The van der Waals surface area contributed by atoms with Gasteiger partial charge < -0.3 is 4.74 Å². The first kappa shape index (κ1) is 16.4. The summed E-state index contributed by atoms with van der Waals surface area (Å²) in [4.78, 5) is 2.32. The standard InChI is InChI=1S/C15H19ClF3NO/c16-10-13-4-2-1-3-9-20(13)11-12-5-7-14(8-6-12)21-15(17,18)19/h5-8,13H,1-4,9-11H2. The highest BCUT2D eigenvalue weighted by Gasteiger charge is 2.31. The van der Waals surface area contributed by atoms with Crippen LogP contribution in [0, 0.1) is 0 Å². The lowest BCUT2D eigenvalue weighted by Gasteiger charge is -2.28. The molecule has 1 aromatic rings. The fourth-order valence-electron chi connectivity index (χ4n) is 2.65. The monoisotopic (exact) mass is 321 g/mol. The average Bonchev–Trinajstić information content (AvgIpc) is 2.64. The second kappa shape index (κ2) is 7.36. The maximum absolute atomic E-state index is 12.1. The van der Waals surface area contributed by atoms with Crippen molar-refractivity contribution in [3.05, 3.63) is 29.8 Å². The van der Waals surface area contributed by atoms with Crippen molar-refractivity contribution in [2.24, 2.45) is 0 Å². The summed E-state index contributed by atoms with van der Waals surface area (Å²) in [6.45, 7) is 1.70. The molecule has 0 radical (unpaired) electrons. The van der Waals surface area contributed by atoms with Crippen LogP contribution in [0.25, 0.3) is 0 Å². The summed E-state index contributed by atoms with van der Waals surface area (Å²) >= 11 is 6.03. The first-order valence-electron chi connectivity index (χ1n) is 7.12. The molecular weight excluding hydrogens is 303 g/mol. The van der Waals surface area contributed by atoms with Crippen LogP contribution < -0.4 is 4.74 Å². The van der Waals surface area contributed by atoms with E-state index < -0.39 is 6.36 Å². The van der Waals surface area contributed by atoms with Crippen molar-refractivity contribution in [1.29, 1.82) is 0 Å². The summed E-state index contributed by atoms with van der Waals surface area (Å²) in [6.07, 6.45) is -0.0219. The van der Waals surface area contributed by atoms with Crippen molar-refractivity contribution in [1.82, 2.24) is 4.90 Å². The van der Waals surface area contributed by atoms with Crippen LogP contribution in [0.3, 0.4) is 0 Å². The van der Waals surface area contributed by atoms with Crippen molar-refractivity contribution in [2.75, 3.05) is 12.4 Å². The highest BCUT2D eigenvalue weighted by atomic mass is 35.5. The van der Waals surface area contributed by atoms with Gasteiger partial charge in [-0.1, -0.05) is 25.0 Å². The summed E-state index contributed by atoms with van der Waals surface area (Å²) in [5.41, 5.74) is 0.974. The van der Waals surface area contributed by atoms with Gasteiger partial charge in [0.25, 0.3) is 0 Å². The van der Waals surface area contributed by atoms with E-state index in [-0.39, 0.29) is 5.75 Å². The van der Waals surface area contributed by atoms with Crippen LogP contribution in [0.5, 0.6) is 5.75 Å². The highest BCUT2D eigenvalue weighted by molar-refractivity contribution is 6.18. The molecule has 0 amide bonds. The van der Waals surface area contributed by atoms with Gasteiger partial charge in [0.1, 0.15) is 5.75 Å². The van der Waals surface area contributed by atoms with E-state index in [0.717, 1.165) is 24.9 Å². The minimum absolute atomic E-state index is 0.184. The molecule has 2 nitrogen and oxygen atoms in total. The van der Waals surface area contributed by atoms with Crippen molar-refractivity contribution >= 4 is 11.6 Å². The fourth-order valence-corrected chi connectivity index (χ4v) is 3.00. The summed E-state index contributed by atoms with van der Waals surface area (Å²) in [6, 6.07) is 6.42. The first-order chi connectivity index (χ1) is 9.98. The van der Waals surface area contributed by atoms with Crippen LogP contribution in [-0.2, 0) is 6.54 Å². The van der Waals surface area contributed by atoms with Crippen molar-refractivity contribution in [3.63, 3.8) is 0 Å². The van der Waals surface area contributed by atoms with Crippen LogP contribution in [0.4, 0.5) is 13.2 Å². The predicted molar refractivity (Wildman–Crippen MR) is 76.5 cm³/mol. The topological polar surface area (TPSA) is 12.5 Å². The Morgan fingerprint density at radius 2 is 1.86 bits per heavy atom. The van der Waals surface area contributed by atoms with E-state index in [1.807, 2.05) is 0 Å².